The van der Waals surface area contributed by atoms with E-state index in [9.17, 15) is 14.7 Å². The molecule has 0 saturated heterocycles. The number of carboxylic acids is 1. The summed E-state index contributed by atoms with van der Waals surface area (Å²) in [5.74, 6) is -1.41. The van der Waals surface area contributed by atoms with Crippen molar-refractivity contribution in [1.82, 2.24) is 0 Å². The molecular weight excluding hydrogens is 280 g/mol. The number of benzene rings is 2. The van der Waals surface area contributed by atoms with Crippen LogP contribution in [0.4, 0.5) is 11.4 Å². The number of nitrogens with zero attached hydrogens (tertiary/aromatic N) is 1. The van der Waals surface area contributed by atoms with E-state index in [1.54, 1.807) is 38.2 Å². The third-order valence-corrected chi connectivity index (χ3v) is 3.66. The Balaban J connectivity index is 2.53. The molecule has 0 radical (unpaired) electrons. The number of carboxylic acid groups (broad SMARTS) is 1. The van der Waals surface area contributed by atoms with Gasteiger partial charge < -0.3 is 15.7 Å². The largest absolute Gasteiger partial charge is 0.478 e. The summed E-state index contributed by atoms with van der Waals surface area (Å²) in [7, 11) is 1.55. The summed E-state index contributed by atoms with van der Waals surface area (Å²) in [4.78, 5) is 25.4. The van der Waals surface area contributed by atoms with Crippen LogP contribution in [0.25, 0.3) is 0 Å². The molecule has 1 amide bonds. The molecule has 0 bridgehead atoms. The number of anilines is 2. The fraction of sp³-hybridized carbons (Fsp3) is 0.176. The fourth-order valence-electron chi connectivity index (χ4n) is 2.43. The fourth-order valence-corrected chi connectivity index (χ4v) is 2.43. The highest BCUT2D eigenvalue weighted by Crippen LogP contribution is 2.27. The summed E-state index contributed by atoms with van der Waals surface area (Å²) in [5.41, 5.74) is 8.72. The molecule has 0 heterocycles. The molecule has 0 aliphatic carbocycles. The standard InChI is InChI=1S/C17H18N2O3/c1-10-6-4-8-12(14(10)18)16(20)19(3)15-11(2)7-5-9-13(15)17(21)22/h4-9H,18H2,1-3H3,(H,21,22). The minimum Gasteiger partial charge on any atom is -0.478 e. The second-order valence-corrected chi connectivity index (χ2v) is 5.18. The summed E-state index contributed by atoms with van der Waals surface area (Å²) in [6.45, 7) is 3.59. The molecule has 114 valence electrons. The number of rotatable bonds is 3. The van der Waals surface area contributed by atoms with E-state index < -0.39 is 5.97 Å². The van der Waals surface area contributed by atoms with Crippen LogP contribution in [0.15, 0.2) is 36.4 Å². The van der Waals surface area contributed by atoms with Gasteiger partial charge in [0.05, 0.1) is 16.8 Å². The molecule has 2 rings (SSSR count). The van der Waals surface area contributed by atoms with E-state index in [-0.39, 0.29) is 11.5 Å². The zero-order valence-electron chi connectivity index (χ0n) is 12.8. The van der Waals surface area contributed by atoms with Crippen molar-refractivity contribution >= 4 is 23.3 Å². The van der Waals surface area contributed by atoms with Gasteiger partial charge in [0.25, 0.3) is 5.91 Å². The predicted octanol–water partition coefficient (Wildman–Crippen LogP) is 2.86. The molecule has 5 nitrogen and oxygen atoms in total. The van der Waals surface area contributed by atoms with E-state index in [2.05, 4.69) is 0 Å². The Morgan fingerprint density at radius 3 is 2.14 bits per heavy atom. The molecule has 22 heavy (non-hydrogen) atoms. The minimum atomic E-state index is -1.07. The number of nitrogens with two attached hydrogens (primary N) is 1. The Labute approximate surface area is 129 Å². The zero-order chi connectivity index (χ0) is 16.4. The molecule has 3 N–H and O–H groups in total. The monoisotopic (exact) mass is 298 g/mol. The van der Waals surface area contributed by atoms with Crippen LogP contribution in [-0.2, 0) is 0 Å². The van der Waals surface area contributed by atoms with Crippen molar-refractivity contribution in [3.05, 3.63) is 58.7 Å². The topological polar surface area (TPSA) is 83.6 Å². The number of carbonyl (C=O) groups excluding carboxylic acids is 1. The van der Waals surface area contributed by atoms with E-state index >= 15 is 0 Å². The highest BCUT2D eigenvalue weighted by Gasteiger charge is 2.22. The van der Waals surface area contributed by atoms with Crippen molar-refractivity contribution in [1.29, 1.82) is 0 Å². The summed E-state index contributed by atoms with van der Waals surface area (Å²) >= 11 is 0. The number of amides is 1. The predicted molar refractivity (Wildman–Crippen MR) is 86.5 cm³/mol. The molecular formula is C17H18N2O3. The van der Waals surface area contributed by atoms with E-state index in [4.69, 9.17) is 5.73 Å². The number of nitrogen functional groups attached to an aromatic ring is 1. The average Bonchev–Trinajstić information content (AvgIpc) is 2.48. The Morgan fingerprint density at radius 1 is 1.00 bits per heavy atom. The second-order valence-electron chi connectivity index (χ2n) is 5.18. The Kier molecular flexibility index (Phi) is 4.17. The lowest BCUT2D eigenvalue weighted by Crippen LogP contribution is -2.29. The molecule has 2 aromatic carbocycles. The van der Waals surface area contributed by atoms with Gasteiger partial charge in [-0.05, 0) is 37.1 Å². The molecule has 5 heteroatoms. The van der Waals surface area contributed by atoms with Crippen molar-refractivity contribution in [2.24, 2.45) is 0 Å². The Bertz CT molecular complexity index is 754. The maximum Gasteiger partial charge on any atom is 0.337 e. The van der Waals surface area contributed by atoms with Crippen LogP contribution >= 0.6 is 0 Å². The van der Waals surface area contributed by atoms with Crippen LogP contribution in [0.2, 0.25) is 0 Å². The second kappa shape index (κ2) is 5.89. The first kappa shape index (κ1) is 15.6. The van der Waals surface area contributed by atoms with Gasteiger partial charge in [0.2, 0.25) is 0 Å². The Morgan fingerprint density at radius 2 is 1.55 bits per heavy atom. The highest BCUT2D eigenvalue weighted by atomic mass is 16.4. The maximum absolute atomic E-state index is 12.7. The van der Waals surface area contributed by atoms with Gasteiger partial charge in [-0.3, -0.25) is 4.79 Å². The lowest BCUT2D eigenvalue weighted by Gasteiger charge is -2.22. The smallest absolute Gasteiger partial charge is 0.337 e. The van der Waals surface area contributed by atoms with E-state index in [0.29, 0.717) is 22.5 Å². The number of aryl methyl sites for hydroxylation is 2. The van der Waals surface area contributed by atoms with E-state index in [0.717, 1.165) is 5.56 Å². The summed E-state index contributed by atoms with van der Waals surface area (Å²) in [6, 6.07) is 10.1. The van der Waals surface area contributed by atoms with Gasteiger partial charge in [0.15, 0.2) is 0 Å². The normalized spacial score (nSPS) is 10.3. The molecule has 0 aliphatic heterocycles. The number of para-hydroxylation sites is 2. The number of aromatic carboxylic acids is 1. The van der Waals surface area contributed by atoms with Gasteiger partial charge in [0.1, 0.15) is 0 Å². The van der Waals surface area contributed by atoms with Gasteiger partial charge in [0, 0.05) is 12.7 Å². The third kappa shape index (κ3) is 2.65. The first-order valence-electron chi connectivity index (χ1n) is 6.80. The summed E-state index contributed by atoms with van der Waals surface area (Å²) in [6.07, 6.45) is 0. The van der Waals surface area contributed by atoms with Crippen LogP contribution in [0.5, 0.6) is 0 Å². The van der Waals surface area contributed by atoms with E-state index in [1.165, 1.54) is 11.0 Å². The molecule has 0 atom stereocenters. The first-order valence-corrected chi connectivity index (χ1v) is 6.80. The SMILES string of the molecule is Cc1cccc(C(=O)N(C)c2c(C)cccc2C(=O)O)c1N. The summed E-state index contributed by atoms with van der Waals surface area (Å²) < 4.78 is 0. The van der Waals surface area contributed by atoms with Crippen LogP contribution in [0, 0.1) is 13.8 Å². The Hall–Kier alpha value is -2.82. The molecule has 0 aromatic heterocycles. The van der Waals surface area contributed by atoms with Crippen LogP contribution in [0.3, 0.4) is 0 Å². The van der Waals surface area contributed by atoms with Crippen molar-refractivity contribution in [2.45, 2.75) is 13.8 Å². The van der Waals surface area contributed by atoms with Crippen molar-refractivity contribution in [3.63, 3.8) is 0 Å². The van der Waals surface area contributed by atoms with Crippen molar-refractivity contribution < 1.29 is 14.7 Å². The molecule has 0 saturated carbocycles. The number of hydrogen-bond donors (Lipinski definition) is 2. The third-order valence-electron chi connectivity index (χ3n) is 3.66. The van der Waals surface area contributed by atoms with E-state index in [1.807, 2.05) is 13.0 Å². The maximum atomic E-state index is 12.7. The van der Waals surface area contributed by atoms with Gasteiger partial charge in [-0.1, -0.05) is 24.3 Å². The lowest BCUT2D eigenvalue weighted by molar-refractivity contribution is 0.0697. The molecule has 2 aromatic rings. The minimum absolute atomic E-state index is 0.0853. The molecule has 0 aliphatic rings. The highest BCUT2D eigenvalue weighted by molar-refractivity contribution is 6.12. The van der Waals surface area contributed by atoms with Gasteiger partial charge >= 0.3 is 5.97 Å². The van der Waals surface area contributed by atoms with Crippen molar-refractivity contribution in [2.75, 3.05) is 17.7 Å². The summed E-state index contributed by atoms with van der Waals surface area (Å²) in [5, 5.41) is 9.33. The number of carbonyl (C=O) groups is 2. The van der Waals surface area contributed by atoms with Gasteiger partial charge in [-0.25, -0.2) is 4.79 Å². The first-order chi connectivity index (χ1) is 10.3. The van der Waals surface area contributed by atoms with Crippen LogP contribution < -0.4 is 10.6 Å². The number of hydrogen-bond acceptors (Lipinski definition) is 3. The van der Waals surface area contributed by atoms with Crippen LogP contribution in [0.1, 0.15) is 31.8 Å². The van der Waals surface area contributed by atoms with Crippen LogP contribution in [-0.4, -0.2) is 24.0 Å². The average molecular weight is 298 g/mol. The molecule has 0 spiro atoms. The van der Waals surface area contributed by atoms with Gasteiger partial charge in [-0.2, -0.15) is 0 Å². The molecule has 0 fully saturated rings. The quantitative estimate of drug-likeness (QED) is 0.853. The van der Waals surface area contributed by atoms with Gasteiger partial charge in [-0.15, -0.1) is 0 Å². The lowest BCUT2D eigenvalue weighted by atomic mass is 10.0. The molecule has 0 unspecified atom stereocenters. The van der Waals surface area contributed by atoms with Crippen molar-refractivity contribution in [3.8, 4) is 0 Å². The zero-order valence-corrected chi connectivity index (χ0v) is 12.8.